The summed E-state index contributed by atoms with van der Waals surface area (Å²) in [5, 5.41) is 7.69. The fourth-order valence-electron chi connectivity index (χ4n) is 1.51. The van der Waals surface area contributed by atoms with Crippen molar-refractivity contribution in [1.82, 2.24) is 0 Å². The molecule has 0 heterocycles. The van der Waals surface area contributed by atoms with Crippen LogP contribution in [0, 0.1) is 5.41 Å². The lowest BCUT2D eigenvalue weighted by Gasteiger charge is -2.16. The van der Waals surface area contributed by atoms with Crippen molar-refractivity contribution >= 4 is 15.5 Å². The van der Waals surface area contributed by atoms with Crippen molar-refractivity contribution in [2.45, 2.75) is 26.7 Å². The summed E-state index contributed by atoms with van der Waals surface area (Å²) < 4.78 is 22.5. The van der Waals surface area contributed by atoms with Crippen molar-refractivity contribution < 1.29 is 8.42 Å². The molecule has 0 atom stereocenters. The van der Waals surface area contributed by atoms with Crippen LogP contribution in [0.5, 0.6) is 0 Å². The van der Waals surface area contributed by atoms with Gasteiger partial charge in [-0.1, -0.05) is 5.57 Å². The van der Waals surface area contributed by atoms with Gasteiger partial charge in [-0.05, 0) is 38.3 Å². The molecule has 4 heteroatoms. The zero-order chi connectivity index (χ0) is 10.9. The van der Waals surface area contributed by atoms with Gasteiger partial charge in [-0.25, -0.2) is 8.42 Å². The highest BCUT2D eigenvalue weighted by atomic mass is 32.2. The van der Waals surface area contributed by atoms with Crippen LogP contribution in [0.2, 0.25) is 0 Å². The molecule has 1 aliphatic carbocycles. The number of allylic oxidation sites excluding steroid dienone is 4. The lowest BCUT2D eigenvalue weighted by Crippen LogP contribution is -2.12. The van der Waals surface area contributed by atoms with E-state index in [0.717, 1.165) is 11.1 Å². The Hall–Kier alpha value is -0.900. The predicted octanol–water partition coefficient (Wildman–Crippen LogP) is 2.06. The first-order valence-corrected chi connectivity index (χ1v) is 6.37. The fourth-order valence-corrected chi connectivity index (χ4v) is 2.32. The first-order chi connectivity index (χ1) is 6.32. The predicted molar refractivity (Wildman–Crippen MR) is 58.3 cm³/mol. The molecule has 0 fully saturated rings. The molecule has 0 radical (unpaired) electrons. The van der Waals surface area contributed by atoms with Crippen LogP contribution in [-0.2, 0) is 9.84 Å². The van der Waals surface area contributed by atoms with Gasteiger partial charge in [0, 0.05) is 11.2 Å². The summed E-state index contributed by atoms with van der Waals surface area (Å²) in [7, 11) is -3.11. The molecule has 0 spiro atoms. The van der Waals surface area contributed by atoms with Gasteiger partial charge < -0.3 is 5.41 Å². The molecule has 0 unspecified atom stereocenters. The fraction of sp³-hybridized carbons (Fsp3) is 0.500. The molecule has 0 saturated heterocycles. The molecule has 3 nitrogen and oxygen atoms in total. The quantitative estimate of drug-likeness (QED) is 0.724. The average molecular weight is 213 g/mol. The highest BCUT2D eigenvalue weighted by Crippen LogP contribution is 2.25. The zero-order valence-corrected chi connectivity index (χ0v) is 9.53. The summed E-state index contributed by atoms with van der Waals surface area (Å²) in [5.41, 5.74) is 2.41. The molecular formula is C10H15NO2S. The molecule has 0 aliphatic heterocycles. The first kappa shape index (κ1) is 11.2. The Morgan fingerprint density at radius 2 is 1.93 bits per heavy atom. The molecule has 0 amide bonds. The highest BCUT2D eigenvalue weighted by molar-refractivity contribution is 7.94. The number of hydrogen-bond acceptors (Lipinski definition) is 3. The Morgan fingerprint density at radius 1 is 1.36 bits per heavy atom. The molecule has 0 bridgehead atoms. The van der Waals surface area contributed by atoms with E-state index in [0.29, 0.717) is 23.5 Å². The van der Waals surface area contributed by atoms with E-state index in [1.807, 2.05) is 13.8 Å². The maximum atomic E-state index is 11.2. The Kier molecular flexibility index (Phi) is 2.95. The lowest BCUT2D eigenvalue weighted by molar-refractivity contribution is 0.605. The molecule has 1 aliphatic rings. The van der Waals surface area contributed by atoms with E-state index in [2.05, 4.69) is 0 Å². The summed E-state index contributed by atoms with van der Waals surface area (Å²) >= 11 is 0. The third-order valence-electron chi connectivity index (χ3n) is 2.33. The van der Waals surface area contributed by atoms with Crippen LogP contribution in [0.3, 0.4) is 0 Å². The molecule has 0 aromatic heterocycles. The standard InChI is InChI=1S/C10H15NO2S/c1-7(2)9-5-4-8(6-10(9)11)14(3,12)13/h6,11H,4-5H2,1-3H3. The van der Waals surface area contributed by atoms with E-state index in [1.165, 1.54) is 12.3 Å². The Bertz CT molecular complexity index is 423. The van der Waals surface area contributed by atoms with Crippen LogP contribution in [0.25, 0.3) is 0 Å². The first-order valence-electron chi connectivity index (χ1n) is 4.48. The molecule has 0 aromatic carbocycles. The van der Waals surface area contributed by atoms with E-state index in [-0.39, 0.29) is 0 Å². The minimum atomic E-state index is -3.11. The third-order valence-corrected chi connectivity index (χ3v) is 3.61. The van der Waals surface area contributed by atoms with Gasteiger partial charge in [0.25, 0.3) is 0 Å². The maximum Gasteiger partial charge on any atom is 0.171 e. The maximum absolute atomic E-state index is 11.2. The topological polar surface area (TPSA) is 58.0 Å². The van der Waals surface area contributed by atoms with Gasteiger partial charge in [0.05, 0.1) is 5.71 Å². The molecule has 78 valence electrons. The summed E-state index contributed by atoms with van der Waals surface area (Å²) in [6, 6.07) is 0. The van der Waals surface area contributed by atoms with E-state index < -0.39 is 9.84 Å². The molecule has 1 N–H and O–H groups in total. The molecule has 1 rings (SSSR count). The highest BCUT2D eigenvalue weighted by Gasteiger charge is 2.19. The van der Waals surface area contributed by atoms with Crippen molar-refractivity contribution in [2.24, 2.45) is 0 Å². The van der Waals surface area contributed by atoms with Gasteiger partial charge in [0.15, 0.2) is 9.84 Å². The second-order valence-electron chi connectivity index (χ2n) is 3.78. The van der Waals surface area contributed by atoms with E-state index in [1.54, 1.807) is 0 Å². The lowest BCUT2D eigenvalue weighted by atomic mass is 9.95. The third kappa shape index (κ3) is 2.32. The van der Waals surface area contributed by atoms with Crippen molar-refractivity contribution in [3.8, 4) is 0 Å². The average Bonchev–Trinajstić information content (AvgIpc) is 2.01. The summed E-state index contributed by atoms with van der Waals surface area (Å²) in [4.78, 5) is 0.382. The monoisotopic (exact) mass is 213 g/mol. The van der Waals surface area contributed by atoms with Crippen LogP contribution in [-0.4, -0.2) is 20.4 Å². The Balaban J connectivity index is 3.11. The molecule has 14 heavy (non-hydrogen) atoms. The minimum Gasteiger partial charge on any atom is -0.301 e. The van der Waals surface area contributed by atoms with Gasteiger partial charge in [-0.15, -0.1) is 0 Å². The second kappa shape index (κ2) is 3.69. The van der Waals surface area contributed by atoms with Gasteiger partial charge >= 0.3 is 0 Å². The van der Waals surface area contributed by atoms with E-state index >= 15 is 0 Å². The number of nitrogens with one attached hydrogen (secondary N) is 1. The minimum absolute atomic E-state index is 0.344. The van der Waals surface area contributed by atoms with Crippen molar-refractivity contribution in [2.75, 3.05) is 6.26 Å². The van der Waals surface area contributed by atoms with Gasteiger partial charge in [0.1, 0.15) is 0 Å². The van der Waals surface area contributed by atoms with Crippen LogP contribution in [0.15, 0.2) is 22.1 Å². The number of hydrogen-bond donors (Lipinski definition) is 1. The number of sulfone groups is 1. The van der Waals surface area contributed by atoms with Crippen LogP contribution in [0.4, 0.5) is 0 Å². The van der Waals surface area contributed by atoms with Gasteiger partial charge in [-0.3, -0.25) is 0 Å². The van der Waals surface area contributed by atoms with Crippen molar-refractivity contribution in [1.29, 1.82) is 5.41 Å². The smallest absolute Gasteiger partial charge is 0.171 e. The van der Waals surface area contributed by atoms with Gasteiger partial charge in [-0.2, -0.15) is 0 Å². The zero-order valence-electron chi connectivity index (χ0n) is 8.72. The van der Waals surface area contributed by atoms with Crippen molar-refractivity contribution in [3.63, 3.8) is 0 Å². The summed E-state index contributed by atoms with van der Waals surface area (Å²) in [5.74, 6) is 0. The van der Waals surface area contributed by atoms with Crippen LogP contribution >= 0.6 is 0 Å². The molecule has 0 saturated carbocycles. The number of rotatable bonds is 1. The van der Waals surface area contributed by atoms with Crippen molar-refractivity contribution in [3.05, 3.63) is 22.1 Å². The SMILES string of the molecule is CC(C)=C1CCC(S(C)(=O)=O)=CC1=N. The van der Waals surface area contributed by atoms with E-state index in [4.69, 9.17) is 5.41 Å². The van der Waals surface area contributed by atoms with Crippen LogP contribution in [0.1, 0.15) is 26.7 Å². The van der Waals surface area contributed by atoms with Crippen LogP contribution < -0.4 is 0 Å². The second-order valence-corrected chi connectivity index (χ2v) is 5.84. The largest absolute Gasteiger partial charge is 0.301 e. The molecule has 0 aromatic rings. The summed E-state index contributed by atoms with van der Waals surface area (Å²) in [6.45, 7) is 3.90. The Morgan fingerprint density at radius 3 is 2.29 bits per heavy atom. The summed E-state index contributed by atoms with van der Waals surface area (Å²) in [6.07, 6.45) is 3.86. The van der Waals surface area contributed by atoms with Gasteiger partial charge in [0.2, 0.25) is 0 Å². The molecular weight excluding hydrogens is 198 g/mol. The van der Waals surface area contributed by atoms with E-state index in [9.17, 15) is 8.42 Å². The Labute approximate surface area is 84.9 Å². The normalized spacial score (nSPS) is 18.1.